The van der Waals surface area contributed by atoms with Crippen molar-refractivity contribution < 1.29 is 9.59 Å². The maximum absolute atomic E-state index is 12.8. The topological polar surface area (TPSA) is 67.2 Å². The molecule has 3 aromatic carbocycles. The van der Waals surface area contributed by atoms with Crippen LogP contribution in [0.15, 0.2) is 91.0 Å². The number of aryl methyl sites for hydroxylation is 1. The standard InChI is InChI=1S/C28H26N4O2/c1-20(22-8-4-2-5-9-22)29-28(34)24-14-12-21(13-15-24)19-31-26-18-25(23-10-6-3-7-11-23)30-32(26)17-16-27(31)33/h2-15,18,20H,16-17,19H2,1H3,(H,29,34). The number of carbonyl (C=O) groups excluding carboxylic acids is 2. The Kier molecular flexibility index (Phi) is 5.95. The van der Waals surface area contributed by atoms with Crippen molar-refractivity contribution in [1.82, 2.24) is 15.1 Å². The van der Waals surface area contributed by atoms with E-state index in [1.54, 1.807) is 4.90 Å². The number of hydrogen-bond acceptors (Lipinski definition) is 3. The van der Waals surface area contributed by atoms with Gasteiger partial charge in [-0.05, 0) is 30.2 Å². The van der Waals surface area contributed by atoms with Crippen molar-refractivity contribution in [3.8, 4) is 11.3 Å². The molecule has 4 aromatic rings. The van der Waals surface area contributed by atoms with Gasteiger partial charge >= 0.3 is 0 Å². The van der Waals surface area contributed by atoms with Gasteiger partial charge in [0.05, 0.1) is 24.8 Å². The van der Waals surface area contributed by atoms with Crippen LogP contribution in [0.5, 0.6) is 0 Å². The fraction of sp³-hybridized carbons (Fsp3) is 0.179. The molecule has 2 amide bonds. The molecule has 1 aliphatic heterocycles. The van der Waals surface area contributed by atoms with Gasteiger partial charge in [0, 0.05) is 23.6 Å². The van der Waals surface area contributed by atoms with Crippen molar-refractivity contribution in [2.24, 2.45) is 0 Å². The third-order valence-electron chi connectivity index (χ3n) is 6.15. The molecule has 1 aromatic heterocycles. The molecule has 6 heteroatoms. The lowest BCUT2D eigenvalue weighted by atomic mass is 10.1. The van der Waals surface area contributed by atoms with E-state index in [1.807, 2.05) is 103 Å². The molecule has 1 aliphatic rings. The molecule has 34 heavy (non-hydrogen) atoms. The molecule has 6 nitrogen and oxygen atoms in total. The minimum Gasteiger partial charge on any atom is -0.346 e. The van der Waals surface area contributed by atoms with Gasteiger partial charge < -0.3 is 5.32 Å². The van der Waals surface area contributed by atoms with E-state index in [-0.39, 0.29) is 17.9 Å². The maximum atomic E-state index is 12.8. The Labute approximate surface area is 198 Å². The van der Waals surface area contributed by atoms with Crippen LogP contribution in [0, 0.1) is 0 Å². The molecule has 1 N–H and O–H groups in total. The predicted octanol–water partition coefficient (Wildman–Crippen LogP) is 4.98. The van der Waals surface area contributed by atoms with Crippen molar-refractivity contribution in [2.45, 2.75) is 32.5 Å². The molecule has 0 spiro atoms. The van der Waals surface area contributed by atoms with E-state index in [9.17, 15) is 9.59 Å². The van der Waals surface area contributed by atoms with Gasteiger partial charge in [-0.15, -0.1) is 0 Å². The molecule has 0 radical (unpaired) electrons. The van der Waals surface area contributed by atoms with Gasteiger partial charge in [0.2, 0.25) is 5.91 Å². The van der Waals surface area contributed by atoms with Gasteiger partial charge in [-0.1, -0.05) is 72.8 Å². The third-order valence-corrected chi connectivity index (χ3v) is 6.15. The molecule has 1 atom stereocenters. The van der Waals surface area contributed by atoms with Crippen LogP contribution in [0.2, 0.25) is 0 Å². The average Bonchev–Trinajstić information content (AvgIpc) is 3.32. The number of rotatable bonds is 6. The second kappa shape index (κ2) is 9.35. The molecular formula is C28H26N4O2. The summed E-state index contributed by atoms with van der Waals surface area (Å²) in [6, 6.07) is 29.2. The van der Waals surface area contributed by atoms with Crippen molar-refractivity contribution in [1.29, 1.82) is 0 Å². The van der Waals surface area contributed by atoms with E-state index in [0.717, 1.165) is 28.2 Å². The third kappa shape index (κ3) is 4.48. The summed E-state index contributed by atoms with van der Waals surface area (Å²) in [5.41, 5.74) is 4.49. The number of aromatic nitrogens is 2. The summed E-state index contributed by atoms with van der Waals surface area (Å²) in [5, 5.41) is 7.74. The number of nitrogens with one attached hydrogen (secondary N) is 1. The molecule has 5 rings (SSSR count). The summed E-state index contributed by atoms with van der Waals surface area (Å²) in [7, 11) is 0. The molecule has 0 aliphatic carbocycles. The van der Waals surface area contributed by atoms with Crippen LogP contribution < -0.4 is 10.2 Å². The van der Waals surface area contributed by atoms with Crippen molar-refractivity contribution in [3.63, 3.8) is 0 Å². The zero-order valence-electron chi connectivity index (χ0n) is 19.0. The smallest absolute Gasteiger partial charge is 0.251 e. The van der Waals surface area contributed by atoms with Gasteiger partial charge in [0.1, 0.15) is 5.82 Å². The highest BCUT2D eigenvalue weighted by Gasteiger charge is 2.26. The Bertz CT molecular complexity index is 1300. The van der Waals surface area contributed by atoms with Gasteiger partial charge in [-0.2, -0.15) is 5.10 Å². The fourth-order valence-corrected chi connectivity index (χ4v) is 4.22. The maximum Gasteiger partial charge on any atom is 0.251 e. The number of fused-ring (bicyclic) bond motifs is 1. The summed E-state index contributed by atoms with van der Waals surface area (Å²) in [6.45, 7) is 2.98. The molecule has 2 heterocycles. The van der Waals surface area contributed by atoms with E-state index in [1.165, 1.54) is 0 Å². The Hall–Kier alpha value is -4.19. The second-order valence-corrected chi connectivity index (χ2v) is 8.51. The largest absolute Gasteiger partial charge is 0.346 e. The molecule has 1 unspecified atom stereocenters. The van der Waals surface area contributed by atoms with E-state index in [4.69, 9.17) is 5.10 Å². The summed E-state index contributed by atoms with van der Waals surface area (Å²) in [5.74, 6) is 0.752. The molecule has 0 saturated carbocycles. The molecule has 0 saturated heterocycles. The van der Waals surface area contributed by atoms with Crippen molar-refractivity contribution in [3.05, 3.63) is 108 Å². The minimum absolute atomic E-state index is 0.0746. The average molecular weight is 451 g/mol. The first-order valence-electron chi connectivity index (χ1n) is 11.5. The number of benzene rings is 3. The summed E-state index contributed by atoms with van der Waals surface area (Å²) >= 11 is 0. The lowest BCUT2D eigenvalue weighted by Gasteiger charge is -2.27. The van der Waals surface area contributed by atoms with Crippen LogP contribution in [0.4, 0.5) is 5.82 Å². The van der Waals surface area contributed by atoms with Crippen LogP contribution in [-0.4, -0.2) is 21.6 Å². The van der Waals surface area contributed by atoms with Crippen LogP contribution in [0.1, 0.15) is 40.9 Å². The van der Waals surface area contributed by atoms with Crippen molar-refractivity contribution in [2.75, 3.05) is 4.90 Å². The summed E-state index contributed by atoms with van der Waals surface area (Å²) in [4.78, 5) is 27.2. The van der Waals surface area contributed by atoms with Crippen LogP contribution in [-0.2, 0) is 17.9 Å². The number of amides is 2. The quantitative estimate of drug-likeness (QED) is 0.451. The van der Waals surface area contributed by atoms with Crippen molar-refractivity contribution >= 4 is 17.6 Å². The summed E-state index contributed by atoms with van der Waals surface area (Å²) < 4.78 is 1.90. The lowest BCUT2D eigenvalue weighted by Crippen LogP contribution is -2.36. The molecule has 0 bridgehead atoms. The zero-order valence-corrected chi connectivity index (χ0v) is 19.0. The van der Waals surface area contributed by atoms with Gasteiger partial charge in [0.25, 0.3) is 5.91 Å². The fourth-order valence-electron chi connectivity index (χ4n) is 4.22. The Morgan fingerprint density at radius 3 is 2.35 bits per heavy atom. The lowest BCUT2D eigenvalue weighted by molar-refractivity contribution is -0.119. The number of anilines is 1. The Morgan fingerprint density at radius 1 is 0.971 bits per heavy atom. The molecule has 0 fully saturated rings. The predicted molar refractivity (Wildman–Crippen MR) is 132 cm³/mol. The SMILES string of the molecule is CC(NC(=O)c1ccc(CN2C(=O)CCn3nc(-c4ccccc4)cc32)cc1)c1ccccc1. The minimum atomic E-state index is -0.123. The normalized spacial score (nSPS) is 13.9. The highest BCUT2D eigenvalue weighted by atomic mass is 16.2. The van der Waals surface area contributed by atoms with E-state index in [0.29, 0.717) is 25.1 Å². The monoisotopic (exact) mass is 450 g/mol. The molecular weight excluding hydrogens is 424 g/mol. The number of carbonyl (C=O) groups is 2. The second-order valence-electron chi connectivity index (χ2n) is 8.51. The first-order valence-corrected chi connectivity index (χ1v) is 11.5. The first kappa shape index (κ1) is 21.6. The van der Waals surface area contributed by atoms with Crippen LogP contribution in [0.3, 0.4) is 0 Å². The summed E-state index contributed by atoms with van der Waals surface area (Å²) in [6.07, 6.45) is 0.417. The Morgan fingerprint density at radius 2 is 1.65 bits per heavy atom. The molecule has 170 valence electrons. The van der Waals surface area contributed by atoms with E-state index in [2.05, 4.69) is 5.32 Å². The Balaban J connectivity index is 1.30. The number of nitrogens with zero attached hydrogens (tertiary/aromatic N) is 3. The highest BCUT2D eigenvalue weighted by Crippen LogP contribution is 2.29. The van der Waals surface area contributed by atoms with Gasteiger partial charge in [-0.3, -0.25) is 14.5 Å². The van der Waals surface area contributed by atoms with Gasteiger partial charge in [0.15, 0.2) is 0 Å². The van der Waals surface area contributed by atoms with Gasteiger partial charge in [-0.25, -0.2) is 4.68 Å². The first-order chi connectivity index (χ1) is 16.6. The number of hydrogen-bond donors (Lipinski definition) is 1. The van der Waals surface area contributed by atoms with Crippen LogP contribution in [0.25, 0.3) is 11.3 Å². The van der Waals surface area contributed by atoms with E-state index < -0.39 is 0 Å². The highest BCUT2D eigenvalue weighted by molar-refractivity contribution is 5.95. The van der Waals surface area contributed by atoms with E-state index >= 15 is 0 Å². The zero-order chi connectivity index (χ0) is 23.5. The van der Waals surface area contributed by atoms with Crippen LogP contribution >= 0.6 is 0 Å².